The molecule has 1 N–H and O–H groups in total. The van der Waals surface area contributed by atoms with E-state index < -0.39 is 6.10 Å². The van der Waals surface area contributed by atoms with Crippen LogP contribution in [0.15, 0.2) is 23.8 Å². The van der Waals surface area contributed by atoms with E-state index in [0.29, 0.717) is 5.92 Å². The van der Waals surface area contributed by atoms with Gasteiger partial charge in [0.25, 0.3) is 0 Å². The number of carbonyl (C=O) groups excluding carboxylic acids is 1. The predicted octanol–water partition coefficient (Wildman–Crippen LogP) is 1.62. The lowest BCUT2D eigenvalue weighted by molar-refractivity contribution is -0.134. The zero-order valence-electron chi connectivity index (χ0n) is 9.56. The van der Waals surface area contributed by atoms with E-state index in [9.17, 15) is 4.79 Å². The van der Waals surface area contributed by atoms with E-state index in [1.165, 1.54) is 12.0 Å². The van der Waals surface area contributed by atoms with Crippen LogP contribution in [-0.2, 0) is 9.53 Å². The first-order valence-electron chi connectivity index (χ1n) is 5.87. The molecule has 1 heterocycles. The molecule has 16 heavy (non-hydrogen) atoms. The van der Waals surface area contributed by atoms with Crippen molar-refractivity contribution >= 4 is 5.78 Å². The molecule has 2 rings (SSSR count). The second kappa shape index (κ2) is 4.93. The van der Waals surface area contributed by atoms with Crippen LogP contribution < -0.4 is 0 Å². The molecule has 0 aromatic carbocycles. The second-order valence-electron chi connectivity index (χ2n) is 4.52. The molecule has 3 nitrogen and oxygen atoms in total. The van der Waals surface area contributed by atoms with Crippen LogP contribution in [0.25, 0.3) is 0 Å². The topological polar surface area (TPSA) is 46.5 Å². The Morgan fingerprint density at radius 1 is 1.56 bits per heavy atom. The molecule has 0 saturated carbocycles. The van der Waals surface area contributed by atoms with Crippen LogP contribution in [0.2, 0.25) is 0 Å². The van der Waals surface area contributed by atoms with E-state index in [1.54, 1.807) is 6.08 Å². The molecule has 0 saturated heterocycles. The Bertz CT molecular complexity index is 330. The smallest absolute Gasteiger partial charge is 0.186 e. The summed E-state index contributed by atoms with van der Waals surface area (Å²) in [4.78, 5) is 11.3. The number of allylic oxidation sites excluding steroid dienone is 1. The highest BCUT2D eigenvalue weighted by Crippen LogP contribution is 2.31. The minimum absolute atomic E-state index is 0.0496. The van der Waals surface area contributed by atoms with E-state index >= 15 is 0 Å². The second-order valence-corrected chi connectivity index (χ2v) is 4.52. The first-order valence-corrected chi connectivity index (χ1v) is 5.87. The van der Waals surface area contributed by atoms with Gasteiger partial charge in [-0.15, -0.1) is 0 Å². The number of ether oxygens (including phenoxy) is 1. The summed E-state index contributed by atoms with van der Waals surface area (Å²) in [6.07, 6.45) is 8.34. The van der Waals surface area contributed by atoms with Crippen LogP contribution in [0.5, 0.6) is 0 Å². The summed E-state index contributed by atoms with van der Waals surface area (Å²) in [5.74, 6) is 0.239. The van der Waals surface area contributed by atoms with E-state index in [-0.39, 0.29) is 18.5 Å². The maximum atomic E-state index is 11.3. The van der Waals surface area contributed by atoms with Gasteiger partial charge in [-0.2, -0.15) is 0 Å². The van der Waals surface area contributed by atoms with Gasteiger partial charge in [-0.1, -0.05) is 17.7 Å². The highest BCUT2D eigenvalue weighted by molar-refractivity contribution is 5.94. The molecule has 0 aromatic heterocycles. The van der Waals surface area contributed by atoms with Gasteiger partial charge >= 0.3 is 0 Å². The Hall–Kier alpha value is -0.930. The van der Waals surface area contributed by atoms with Crippen LogP contribution in [0.3, 0.4) is 0 Å². The van der Waals surface area contributed by atoms with Gasteiger partial charge in [0.2, 0.25) is 0 Å². The molecule has 2 aliphatic rings. The molecule has 1 aliphatic heterocycles. The SMILES string of the molecule is CC1=CCCCC1C1C=CC(=O)[C@@H](CO)O1. The number of hydrogen-bond acceptors (Lipinski definition) is 3. The Kier molecular flexibility index (Phi) is 3.56. The molecule has 0 spiro atoms. The normalized spacial score (nSPS) is 35.0. The summed E-state index contributed by atoms with van der Waals surface area (Å²) < 4.78 is 5.63. The highest BCUT2D eigenvalue weighted by Gasteiger charge is 2.31. The van der Waals surface area contributed by atoms with Crippen molar-refractivity contribution in [3.8, 4) is 0 Å². The number of hydrogen-bond donors (Lipinski definition) is 1. The average molecular weight is 222 g/mol. The van der Waals surface area contributed by atoms with Crippen molar-refractivity contribution in [2.75, 3.05) is 6.61 Å². The first kappa shape index (κ1) is 11.6. The van der Waals surface area contributed by atoms with E-state index in [0.717, 1.165) is 12.8 Å². The standard InChI is InChI=1S/C13H18O3/c1-9-4-2-3-5-10(9)12-7-6-11(15)13(8-14)16-12/h4,6-7,10,12-14H,2-3,5,8H2,1H3/t10?,12?,13-/m1/s1. The van der Waals surface area contributed by atoms with Gasteiger partial charge in [-0.25, -0.2) is 0 Å². The third-order valence-electron chi connectivity index (χ3n) is 3.42. The molecule has 3 heteroatoms. The molecular formula is C13H18O3. The third kappa shape index (κ3) is 2.25. The summed E-state index contributed by atoms with van der Waals surface area (Å²) >= 11 is 0. The average Bonchev–Trinajstić information content (AvgIpc) is 2.31. The summed E-state index contributed by atoms with van der Waals surface area (Å²) in [7, 11) is 0. The Morgan fingerprint density at radius 3 is 3.06 bits per heavy atom. The Balaban J connectivity index is 2.10. The van der Waals surface area contributed by atoms with Crippen molar-refractivity contribution in [1.82, 2.24) is 0 Å². The van der Waals surface area contributed by atoms with E-state index in [1.807, 2.05) is 6.08 Å². The minimum Gasteiger partial charge on any atom is -0.393 e. The molecule has 1 aliphatic carbocycles. The van der Waals surface area contributed by atoms with Crippen LogP contribution in [0.4, 0.5) is 0 Å². The molecule has 0 aromatic rings. The lowest BCUT2D eigenvalue weighted by Crippen LogP contribution is -2.38. The van der Waals surface area contributed by atoms with E-state index in [2.05, 4.69) is 13.0 Å². The van der Waals surface area contributed by atoms with Gasteiger partial charge in [0.1, 0.15) is 6.10 Å². The highest BCUT2D eigenvalue weighted by atomic mass is 16.5. The molecule has 0 amide bonds. The summed E-state index contributed by atoms with van der Waals surface area (Å²) in [5.41, 5.74) is 1.34. The maximum Gasteiger partial charge on any atom is 0.186 e. The molecule has 0 fully saturated rings. The van der Waals surface area contributed by atoms with Gasteiger partial charge in [-0.3, -0.25) is 4.79 Å². The van der Waals surface area contributed by atoms with Crippen molar-refractivity contribution in [2.24, 2.45) is 5.92 Å². The van der Waals surface area contributed by atoms with Gasteiger partial charge in [-0.05, 0) is 32.3 Å². The van der Waals surface area contributed by atoms with Gasteiger partial charge in [0.15, 0.2) is 5.78 Å². The van der Waals surface area contributed by atoms with Crippen molar-refractivity contribution in [2.45, 2.75) is 38.4 Å². The van der Waals surface area contributed by atoms with E-state index in [4.69, 9.17) is 9.84 Å². The molecular weight excluding hydrogens is 204 g/mol. The van der Waals surface area contributed by atoms with Crippen molar-refractivity contribution in [1.29, 1.82) is 0 Å². The number of carbonyl (C=O) groups is 1. The van der Waals surface area contributed by atoms with Crippen LogP contribution >= 0.6 is 0 Å². The first-order chi connectivity index (χ1) is 7.72. The molecule has 3 atom stereocenters. The lowest BCUT2D eigenvalue weighted by atomic mass is 9.83. The van der Waals surface area contributed by atoms with Crippen molar-refractivity contribution in [3.63, 3.8) is 0 Å². The quantitative estimate of drug-likeness (QED) is 0.722. The predicted molar refractivity (Wildman–Crippen MR) is 61.0 cm³/mol. The summed E-state index contributed by atoms with van der Waals surface area (Å²) in [6.45, 7) is 1.89. The zero-order chi connectivity index (χ0) is 11.5. The molecule has 2 unspecified atom stereocenters. The number of rotatable bonds is 2. The van der Waals surface area contributed by atoms with Gasteiger partial charge in [0, 0.05) is 5.92 Å². The molecule has 88 valence electrons. The maximum absolute atomic E-state index is 11.3. The van der Waals surface area contributed by atoms with Crippen LogP contribution in [0.1, 0.15) is 26.2 Å². The Labute approximate surface area is 95.8 Å². The minimum atomic E-state index is -0.662. The molecule has 0 bridgehead atoms. The molecule has 0 radical (unpaired) electrons. The van der Waals surface area contributed by atoms with Gasteiger partial charge in [0.05, 0.1) is 12.7 Å². The van der Waals surface area contributed by atoms with Gasteiger partial charge < -0.3 is 9.84 Å². The summed E-state index contributed by atoms with van der Waals surface area (Å²) in [5, 5.41) is 9.05. The number of aliphatic hydroxyl groups excluding tert-OH is 1. The fourth-order valence-electron chi connectivity index (χ4n) is 2.43. The zero-order valence-corrected chi connectivity index (χ0v) is 9.56. The number of ketones is 1. The van der Waals surface area contributed by atoms with Crippen molar-refractivity contribution < 1.29 is 14.6 Å². The fourth-order valence-corrected chi connectivity index (χ4v) is 2.43. The van der Waals surface area contributed by atoms with Crippen LogP contribution in [0, 0.1) is 5.92 Å². The third-order valence-corrected chi connectivity index (χ3v) is 3.42. The Morgan fingerprint density at radius 2 is 2.38 bits per heavy atom. The van der Waals surface area contributed by atoms with Crippen LogP contribution in [-0.4, -0.2) is 29.7 Å². The van der Waals surface area contributed by atoms with Crippen molar-refractivity contribution in [3.05, 3.63) is 23.8 Å². The monoisotopic (exact) mass is 222 g/mol. The lowest BCUT2D eigenvalue weighted by Gasteiger charge is -2.32. The summed E-state index contributed by atoms with van der Waals surface area (Å²) in [6, 6.07) is 0. The fraction of sp³-hybridized carbons (Fsp3) is 0.615. The largest absolute Gasteiger partial charge is 0.393 e. The number of aliphatic hydroxyl groups is 1.